The number of aromatic nitrogens is 2. The van der Waals surface area contributed by atoms with Crippen molar-refractivity contribution in [3.63, 3.8) is 0 Å². The maximum atomic E-state index is 5.65. The van der Waals surface area contributed by atoms with Crippen molar-refractivity contribution >= 4 is 31.9 Å². The first kappa shape index (κ1) is 13.8. The van der Waals surface area contributed by atoms with Gasteiger partial charge in [-0.25, -0.2) is 5.43 Å². The number of nitrogens with zero attached hydrogens (tertiary/aromatic N) is 2. The molecule has 2 heterocycles. The second-order valence-corrected chi connectivity index (χ2v) is 5.48. The average molecular weight is 378 g/mol. The van der Waals surface area contributed by atoms with E-state index in [0.29, 0.717) is 4.67 Å². The van der Waals surface area contributed by atoms with Crippen LogP contribution in [0.25, 0.3) is 0 Å². The van der Waals surface area contributed by atoms with Crippen molar-refractivity contribution < 1.29 is 4.42 Å². The quantitative estimate of drug-likeness (QED) is 0.620. The molecule has 0 bridgehead atoms. The van der Waals surface area contributed by atoms with Crippen LogP contribution in [0.3, 0.4) is 0 Å². The van der Waals surface area contributed by atoms with Crippen molar-refractivity contribution in [2.24, 2.45) is 5.84 Å². The highest BCUT2D eigenvalue weighted by Crippen LogP contribution is 2.30. The van der Waals surface area contributed by atoms with Gasteiger partial charge in [0, 0.05) is 6.54 Å². The third-order valence-corrected chi connectivity index (χ3v) is 3.62. The van der Waals surface area contributed by atoms with Crippen molar-refractivity contribution in [1.82, 2.24) is 15.2 Å². The van der Waals surface area contributed by atoms with Crippen LogP contribution in [-0.2, 0) is 6.54 Å². The molecule has 5 nitrogen and oxygen atoms in total. The highest BCUT2D eigenvalue weighted by molar-refractivity contribution is 9.10. The van der Waals surface area contributed by atoms with Gasteiger partial charge in [-0.15, -0.1) is 0 Å². The number of rotatable bonds is 5. The van der Waals surface area contributed by atoms with E-state index in [9.17, 15) is 0 Å². The molecule has 1 unspecified atom stereocenters. The molecule has 0 aliphatic carbocycles. The van der Waals surface area contributed by atoms with E-state index in [1.807, 2.05) is 16.8 Å². The van der Waals surface area contributed by atoms with E-state index in [1.165, 1.54) is 0 Å². The molecule has 0 aliphatic heterocycles. The minimum Gasteiger partial charge on any atom is -0.452 e. The molecular formula is C11H14Br2N4O. The van der Waals surface area contributed by atoms with Gasteiger partial charge in [-0.05, 0) is 50.4 Å². The van der Waals surface area contributed by atoms with Crippen molar-refractivity contribution in [1.29, 1.82) is 0 Å². The van der Waals surface area contributed by atoms with E-state index >= 15 is 0 Å². The van der Waals surface area contributed by atoms with Gasteiger partial charge >= 0.3 is 0 Å². The van der Waals surface area contributed by atoms with E-state index in [4.69, 9.17) is 10.3 Å². The fourth-order valence-electron chi connectivity index (χ4n) is 1.83. The molecule has 7 heteroatoms. The summed E-state index contributed by atoms with van der Waals surface area (Å²) in [5.74, 6) is 6.39. The summed E-state index contributed by atoms with van der Waals surface area (Å²) in [6.45, 7) is 2.94. The Bertz CT molecular complexity index is 523. The molecule has 2 rings (SSSR count). The van der Waals surface area contributed by atoms with Crippen molar-refractivity contribution in [3.05, 3.63) is 38.9 Å². The Morgan fingerprint density at radius 1 is 1.50 bits per heavy atom. The number of hydrogen-bond acceptors (Lipinski definition) is 4. The van der Waals surface area contributed by atoms with Crippen molar-refractivity contribution in [2.45, 2.75) is 25.9 Å². The van der Waals surface area contributed by atoms with Crippen LogP contribution in [0.1, 0.15) is 30.8 Å². The minimum absolute atomic E-state index is 0.236. The molecule has 0 spiro atoms. The van der Waals surface area contributed by atoms with Gasteiger partial charge in [-0.3, -0.25) is 10.5 Å². The predicted octanol–water partition coefficient (Wildman–Crippen LogP) is 2.96. The molecule has 0 saturated heterocycles. The largest absolute Gasteiger partial charge is 0.452 e. The van der Waals surface area contributed by atoms with E-state index in [0.717, 1.165) is 28.9 Å². The standard InChI is InChI=1S/C11H14Br2N4O/c1-2-5-17-11(7(12)6-15-17)10(16-14)8-3-4-9(13)18-8/h3-4,6,10,16H,2,5,14H2,1H3. The second-order valence-electron chi connectivity index (χ2n) is 3.84. The number of hydrazine groups is 1. The lowest BCUT2D eigenvalue weighted by Gasteiger charge is -2.16. The summed E-state index contributed by atoms with van der Waals surface area (Å²) in [5.41, 5.74) is 3.73. The fourth-order valence-corrected chi connectivity index (χ4v) is 2.67. The maximum absolute atomic E-state index is 5.65. The predicted molar refractivity (Wildman–Crippen MR) is 75.8 cm³/mol. The number of nitrogens with one attached hydrogen (secondary N) is 1. The topological polar surface area (TPSA) is 69.0 Å². The zero-order chi connectivity index (χ0) is 13.1. The van der Waals surface area contributed by atoms with Gasteiger partial charge in [-0.2, -0.15) is 5.10 Å². The summed E-state index contributed by atoms with van der Waals surface area (Å²) in [5, 5.41) is 4.33. The lowest BCUT2D eigenvalue weighted by atomic mass is 10.1. The summed E-state index contributed by atoms with van der Waals surface area (Å²) in [7, 11) is 0. The molecule has 1 atom stereocenters. The molecule has 0 fully saturated rings. The Kier molecular flexibility index (Phi) is 4.60. The first-order chi connectivity index (χ1) is 8.67. The molecular weight excluding hydrogens is 364 g/mol. The highest BCUT2D eigenvalue weighted by atomic mass is 79.9. The Hall–Kier alpha value is -0.630. The van der Waals surface area contributed by atoms with E-state index in [2.05, 4.69) is 49.3 Å². The first-order valence-corrected chi connectivity index (χ1v) is 7.18. The second kappa shape index (κ2) is 6.01. The van der Waals surface area contributed by atoms with Gasteiger partial charge in [0.2, 0.25) is 0 Å². The van der Waals surface area contributed by atoms with E-state index in [1.54, 1.807) is 6.20 Å². The molecule has 0 radical (unpaired) electrons. The summed E-state index contributed by atoms with van der Waals surface area (Å²) in [6.07, 6.45) is 2.77. The Morgan fingerprint density at radius 2 is 2.28 bits per heavy atom. The van der Waals surface area contributed by atoms with Crippen LogP contribution < -0.4 is 11.3 Å². The molecule has 3 N–H and O–H groups in total. The highest BCUT2D eigenvalue weighted by Gasteiger charge is 2.23. The third kappa shape index (κ3) is 2.69. The van der Waals surface area contributed by atoms with Gasteiger partial charge in [0.1, 0.15) is 11.8 Å². The monoisotopic (exact) mass is 376 g/mol. The Labute approximate surface area is 122 Å². The SMILES string of the molecule is CCCn1ncc(Br)c1C(NN)c1ccc(Br)o1. The summed E-state index contributed by atoms with van der Waals surface area (Å²) >= 11 is 6.79. The summed E-state index contributed by atoms with van der Waals surface area (Å²) in [4.78, 5) is 0. The van der Waals surface area contributed by atoms with Crippen LogP contribution in [0.5, 0.6) is 0 Å². The number of hydrogen-bond donors (Lipinski definition) is 2. The van der Waals surface area contributed by atoms with Crippen LogP contribution in [0.15, 0.2) is 31.9 Å². The normalized spacial score (nSPS) is 12.9. The molecule has 0 aromatic carbocycles. The zero-order valence-corrected chi connectivity index (χ0v) is 13.0. The van der Waals surface area contributed by atoms with Gasteiger partial charge < -0.3 is 4.42 Å². The molecule has 0 amide bonds. The molecule has 0 saturated carbocycles. The lowest BCUT2D eigenvalue weighted by Crippen LogP contribution is -2.30. The van der Waals surface area contributed by atoms with Crippen molar-refractivity contribution in [3.8, 4) is 0 Å². The third-order valence-electron chi connectivity index (χ3n) is 2.59. The smallest absolute Gasteiger partial charge is 0.169 e. The first-order valence-electron chi connectivity index (χ1n) is 5.60. The summed E-state index contributed by atoms with van der Waals surface area (Å²) < 4.78 is 9.07. The lowest BCUT2D eigenvalue weighted by molar-refractivity contribution is 0.416. The van der Waals surface area contributed by atoms with Crippen LogP contribution in [-0.4, -0.2) is 9.78 Å². The van der Waals surface area contributed by atoms with Crippen molar-refractivity contribution in [2.75, 3.05) is 0 Å². The van der Waals surface area contributed by atoms with Gasteiger partial charge in [0.15, 0.2) is 4.67 Å². The average Bonchev–Trinajstić information content (AvgIpc) is 2.91. The molecule has 2 aromatic heterocycles. The molecule has 98 valence electrons. The van der Waals surface area contributed by atoms with Gasteiger partial charge in [0.25, 0.3) is 0 Å². The fraction of sp³-hybridized carbons (Fsp3) is 0.364. The summed E-state index contributed by atoms with van der Waals surface area (Å²) in [6, 6.07) is 3.48. The maximum Gasteiger partial charge on any atom is 0.169 e. The Morgan fingerprint density at radius 3 is 2.83 bits per heavy atom. The number of nitrogens with two attached hydrogens (primary N) is 1. The number of aryl methyl sites for hydroxylation is 1. The molecule has 2 aromatic rings. The zero-order valence-electron chi connectivity index (χ0n) is 9.86. The minimum atomic E-state index is -0.236. The number of halogens is 2. The Balaban J connectivity index is 2.41. The van der Waals surface area contributed by atoms with Crippen LogP contribution >= 0.6 is 31.9 Å². The van der Waals surface area contributed by atoms with E-state index < -0.39 is 0 Å². The molecule has 0 aliphatic rings. The van der Waals surface area contributed by atoms with Gasteiger partial charge in [-0.1, -0.05) is 6.92 Å². The number of furan rings is 1. The van der Waals surface area contributed by atoms with Crippen LogP contribution in [0.4, 0.5) is 0 Å². The van der Waals surface area contributed by atoms with Gasteiger partial charge in [0.05, 0.1) is 16.4 Å². The van der Waals surface area contributed by atoms with Crippen LogP contribution in [0.2, 0.25) is 0 Å². The molecule has 18 heavy (non-hydrogen) atoms. The van der Waals surface area contributed by atoms with Crippen LogP contribution in [0, 0.1) is 0 Å². The van der Waals surface area contributed by atoms with E-state index in [-0.39, 0.29) is 6.04 Å².